The second kappa shape index (κ2) is 5.87. The summed E-state index contributed by atoms with van der Waals surface area (Å²) in [5.74, 6) is 1.03. The molecule has 1 N–H and O–H groups in total. The van der Waals surface area contributed by atoms with Crippen molar-refractivity contribution in [1.82, 2.24) is 5.32 Å². The lowest BCUT2D eigenvalue weighted by atomic mass is 9.93. The van der Waals surface area contributed by atoms with E-state index >= 15 is 0 Å². The molecule has 1 unspecified atom stereocenters. The monoisotopic (exact) mass is 243 g/mol. The predicted octanol–water partition coefficient (Wildman–Crippen LogP) is 3.79. The summed E-state index contributed by atoms with van der Waals surface area (Å²) in [6.07, 6.45) is 2.63. The van der Waals surface area contributed by atoms with Gasteiger partial charge in [-0.15, -0.1) is 0 Å². The van der Waals surface area contributed by atoms with Gasteiger partial charge in [-0.3, -0.25) is 0 Å². The normalized spacial score (nSPS) is 12.6. The Labute approximate surface area is 109 Å². The van der Waals surface area contributed by atoms with Gasteiger partial charge in [0.2, 0.25) is 0 Å². The lowest BCUT2D eigenvalue weighted by Crippen LogP contribution is -2.24. The minimum Gasteiger partial charge on any atom is -0.469 e. The van der Waals surface area contributed by atoms with Crippen LogP contribution in [0.2, 0.25) is 0 Å². The molecule has 96 valence electrons. The highest BCUT2D eigenvalue weighted by Gasteiger charge is 2.16. The van der Waals surface area contributed by atoms with Gasteiger partial charge < -0.3 is 9.73 Å². The number of aryl methyl sites for hydroxylation is 2. The molecule has 1 heterocycles. The Hall–Kier alpha value is -1.54. The highest BCUT2D eigenvalue weighted by atomic mass is 16.3. The van der Waals surface area contributed by atoms with Gasteiger partial charge in [-0.1, -0.05) is 25.1 Å². The Balaban J connectivity index is 2.29. The molecule has 0 fully saturated rings. The van der Waals surface area contributed by atoms with Gasteiger partial charge in [-0.25, -0.2) is 0 Å². The smallest absolute Gasteiger partial charge is 0.105 e. The molecule has 1 aromatic heterocycles. The van der Waals surface area contributed by atoms with Crippen molar-refractivity contribution in [3.8, 4) is 0 Å². The first kappa shape index (κ1) is 12.9. The predicted molar refractivity (Wildman–Crippen MR) is 74.7 cm³/mol. The fourth-order valence-corrected chi connectivity index (χ4v) is 2.53. The van der Waals surface area contributed by atoms with Gasteiger partial charge in [0.05, 0.1) is 6.26 Å². The summed E-state index contributed by atoms with van der Waals surface area (Å²) >= 11 is 0. The summed E-state index contributed by atoms with van der Waals surface area (Å²) in [6.45, 7) is 7.45. The molecule has 0 aliphatic carbocycles. The summed E-state index contributed by atoms with van der Waals surface area (Å²) < 4.78 is 5.47. The van der Waals surface area contributed by atoms with Crippen LogP contribution in [0.5, 0.6) is 0 Å². The molecule has 18 heavy (non-hydrogen) atoms. The molecule has 1 aromatic carbocycles. The maximum atomic E-state index is 5.47. The maximum Gasteiger partial charge on any atom is 0.105 e. The van der Waals surface area contributed by atoms with Gasteiger partial charge in [0.15, 0.2) is 0 Å². The number of hydrogen-bond acceptors (Lipinski definition) is 2. The first-order chi connectivity index (χ1) is 8.72. The van der Waals surface area contributed by atoms with E-state index in [4.69, 9.17) is 4.42 Å². The summed E-state index contributed by atoms with van der Waals surface area (Å²) in [5.41, 5.74) is 4.08. The first-order valence-electron chi connectivity index (χ1n) is 6.54. The van der Waals surface area contributed by atoms with Crippen LogP contribution in [0, 0.1) is 13.8 Å². The van der Waals surface area contributed by atoms with E-state index < -0.39 is 0 Å². The molecule has 0 radical (unpaired) electrons. The molecule has 0 spiro atoms. The van der Waals surface area contributed by atoms with Gasteiger partial charge in [0.1, 0.15) is 5.76 Å². The fourth-order valence-electron chi connectivity index (χ4n) is 2.53. The van der Waals surface area contributed by atoms with E-state index in [1.54, 1.807) is 6.26 Å². The van der Waals surface area contributed by atoms with Crippen molar-refractivity contribution < 1.29 is 4.42 Å². The fraction of sp³-hybridized carbons (Fsp3) is 0.375. The van der Waals surface area contributed by atoms with E-state index in [9.17, 15) is 0 Å². The highest BCUT2D eigenvalue weighted by molar-refractivity contribution is 5.36. The number of hydrogen-bond donors (Lipinski definition) is 1. The average Bonchev–Trinajstić information content (AvgIpc) is 2.82. The number of likely N-dealkylation sites (N-methyl/N-ethyl adjacent to an activating group) is 1. The molecular weight excluding hydrogens is 222 g/mol. The van der Waals surface area contributed by atoms with Crippen molar-refractivity contribution in [2.45, 2.75) is 33.2 Å². The van der Waals surface area contributed by atoms with Crippen LogP contribution in [0.3, 0.4) is 0 Å². The quantitative estimate of drug-likeness (QED) is 0.864. The molecule has 2 rings (SSSR count). The van der Waals surface area contributed by atoms with Gasteiger partial charge in [-0.2, -0.15) is 0 Å². The van der Waals surface area contributed by atoms with E-state index in [1.807, 2.05) is 12.1 Å². The zero-order chi connectivity index (χ0) is 13.0. The Kier molecular flexibility index (Phi) is 4.21. The lowest BCUT2D eigenvalue weighted by molar-refractivity contribution is 0.453. The van der Waals surface area contributed by atoms with Crippen molar-refractivity contribution in [2.24, 2.45) is 0 Å². The molecule has 0 saturated carbocycles. The molecule has 1 atom stereocenters. The summed E-state index contributed by atoms with van der Waals surface area (Å²) in [4.78, 5) is 0. The average molecular weight is 243 g/mol. The molecule has 0 aliphatic rings. The van der Waals surface area contributed by atoms with Crippen molar-refractivity contribution in [2.75, 3.05) is 6.54 Å². The van der Waals surface area contributed by atoms with Crippen LogP contribution in [0.15, 0.2) is 41.0 Å². The van der Waals surface area contributed by atoms with Crippen LogP contribution in [0.4, 0.5) is 0 Å². The van der Waals surface area contributed by atoms with Crippen LogP contribution in [-0.4, -0.2) is 6.54 Å². The van der Waals surface area contributed by atoms with Gasteiger partial charge in [0, 0.05) is 12.5 Å². The minimum absolute atomic E-state index is 0.322. The molecule has 0 amide bonds. The molecule has 2 aromatic rings. The molecule has 0 bridgehead atoms. The summed E-state index contributed by atoms with van der Waals surface area (Å²) in [5, 5.41) is 3.56. The third-order valence-corrected chi connectivity index (χ3v) is 3.33. The van der Waals surface area contributed by atoms with E-state index in [1.165, 1.54) is 16.7 Å². The van der Waals surface area contributed by atoms with E-state index in [-0.39, 0.29) is 0 Å². The number of furan rings is 1. The zero-order valence-electron chi connectivity index (χ0n) is 11.4. The SMILES string of the molecule is CCNC(Cc1ccco1)c1c(C)cccc1C. The van der Waals surface area contributed by atoms with Crippen molar-refractivity contribution >= 4 is 0 Å². The summed E-state index contributed by atoms with van der Waals surface area (Å²) in [7, 11) is 0. The number of nitrogens with one attached hydrogen (secondary N) is 1. The van der Waals surface area contributed by atoms with Crippen molar-refractivity contribution in [3.05, 3.63) is 59.0 Å². The molecular formula is C16H21NO. The van der Waals surface area contributed by atoms with Gasteiger partial charge in [0.25, 0.3) is 0 Å². The zero-order valence-corrected chi connectivity index (χ0v) is 11.4. The Morgan fingerprint density at radius 1 is 1.11 bits per heavy atom. The van der Waals surface area contributed by atoms with Crippen LogP contribution < -0.4 is 5.32 Å². The molecule has 0 aliphatic heterocycles. The third kappa shape index (κ3) is 2.82. The van der Waals surface area contributed by atoms with Crippen LogP contribution >= 0.6 is 0 Å². The second-order valence-corrected chi connectivity index (χ2v) is 4.70. The number of rotatable bonds is 5. The van der Waals surface area contributed by atoms with E-state index in [2.05, 4.69) is 44.3 Å². The van der Waals surface area contributed by atoms with Gasteiger partial charge in [-0.05, 0) is 49.2 Å². The van der Waals surface area contributed by atoms with Crippen LogP contribution in [0.1, 0.15) is 35.4 Å². The van der Waals surface area contributed by atoms with Gasteiger partial charge >= 0.3 is 0 Å². The Morgan fingerprint density at radius 2 is 1.83 bits per heavy atom. The van der Waals surface area contributed by atoms with Crippen LogP contribution in [-0.2, 0) is 6.42 Å². The Morgan fingerprint density at radius 3 is 2.39 bits per heavy atom. The Bertz CT molecular complexity index is 468. The third-order valence-electron chi connectivity index (χ3n) is 3.33. The van der Waals surface area contributed by atoms with E-state index in [0.29, 0.717) is 6.04 Å². The second-order valence-electron chi connectivity index (χ2n) is 4.70. The largest absolute Gasteiger partial charge is 0.469 e. The standard InChI is InChI=1S/C16H21NO/c1-4-17-15(11-14-9-6-10-18-14)16-12(2)7-5-8-13(16)3/h5-10,15,17H,4,11H2,1-3H3. The van der Waals surface area contributed by atoms with E-state index in [0.717, 1.165) is 18.7 Å². The maximum absolute atomic E-state index is 5.47. The first-order valence-corrected chi connectivity index (χ1v) is 6.54. The summed E-state index contributed by atoms with van der Waals surface area (Å²) in [6, 6.07) is 10.8. The topological polar surface area (TPSA) is 25.2 Å². The minimum atomic E-state index is 0.322. The molecule has 2 heteroatoms. The lowest BCUT2D eigenvalue weighted by Gasteiger charge is -2.21. The van der Waals surface area contributed by atoms with Crippen molar-refractivity contribution in [1.29, 1.82) is 0 Å². The number of benzene rings is 1. The van der Waals surface area contributed by atoms with Crippen LogP contribution in [0.25, 0.3) is 0 Å². The highest BCUT2D eigenvalue weighted by Crippen LogP contribution is 2.25. The molecule has 2 nitrogen and oxygen atoms in total. The van der Waals surface area contributed by atoms with Crippen molar-refractivity contribution in [3.63, 3.8) is 0 Å². The molecule has 0 saturated heterocycles.